The second kappa shape index (κ2) is 13.7. The van der Waals surface area contributed by atoms with Gasteiger partial charge in [-0.05, 0) is 72.4 Å². The van der Waals surface area contributed by atoms with Gasteiger partial charge >= 0.3 is 0 Å². The van der Waals surface area contributed by atoms with Gasteiger partial charge in [-0.1, -0.05) is 59.6 Å². The summed E-state index contributed by atoms with van der Waals surface area (Å²) in [5.41, 5.74) is 13.5. The molecule has 0 aliphatic rings. The van der Waals surface area contributed by atoms with Gasteiger partial charge in [0.1, 0.15) is 11.8 Å². The number of phenols is 1. The fraction of sp³-hybridized carbons (Fsp3) is 0.250. The Labute approximate surface area is 232 Å². The molecule has 0 aliphatic carbocycles. The molecule has 3 aromatic rings. The maximum absolute atomic E-state index is 14.3. The van der Waals surface area contributed by atoms with E-state index in [2.05, 4.69) is 5.32 Å². The zero-order chi connectivity index (χ0) is 27.7. The van der Waals surface area contributed by atoms with Gasteiger partial charge in [0, 0.05) is 23.1 Å². The molecule has 0 fully saturated rings. The zero-order valence-corrected chi connectivity index (χ0v) is 22.3. The second-order valence-electron chi connectivity index (χ2n) is 8.89. The third-order valence-corrected chi connectivity index (χ3v) is 6.69. The highest BCUT2D eigenvalue weighted by Gasteiger charge is 2.34. The molecule has 0 unspecified atom stereocenters. The number of amides is 2. The molecular weight excluding hydrogens is 525 g/mol. The number of carbonyl (C=O) groups is 2. The van der Waals surface area contributed by atoms with Crippen molar-refractivity contribution >= 4 is 41.0 Å². The Morgan fingerprint density at radius 2 is 1.42 bits per heavy atom. The monoisotopic (exact) mass is 555 g/mol. The molecule has 8 nitrogen and oxygen atoms in total. The molecule has 3 aromatic carbocycles. The van der Waals surface area contributed by atoms with Crippen LogP contribution in [0.15, 0.2) is 72.8 Å². The lowest BCUT2D eigenvalue weighted by Crippen LogP contribution is -2.50. The number of hydrogen-bond acceptors (Lipinski definition) is 4. The van der Waals surface area contributed by atoms with Crippen molar-refractivity contribution in [3.8, 4) is 5.75 Å². The predicted molar refractivity (Wildman–Crippen MR) is 150 cm³/mol. The van der Waals surface area contributed by atoms with E-state index in [1.54, 1.807) is 72.8 Å². The zero-order valence-electron chi connectivity index (χ0n) is 20.7. The molecule has 0 saturated carbocycles. The minimum absolute atomic E-state index is 0.139. The molecule has 0 saturated heterocycles. The highest BCUT2D eigenvalue weighted by Crippen LogP contribution is 2.30. The molecule has 0 heterocycles. The molecule has 1 atom stereocenters. The Kier molecular flexibility index (Phi) is 10.4. The summed E-state index contributed by atoms with van der Waals surface area (Å²) in [5, 5.41) is 20.8. The van der Waals surface area contributed by atoms with Gasteiger partial charge in [0.05, 0.1) is 5.92 Å². The van der Waals surface area contributed by atoms with Gasteiger partial charge in [-0.2, -0.15) is 0 Å². The van der Waals surface area contributed by atoms with Crippen molar-refractivity contribution in [2.75, 3.05) is 13.1 Å². The molecule has 38 heavy (non-hydrogen) atoms. The lowest BCUT2D eigenvalue weighted by molar-refractivity contribution is -0.140. The quantitative estimate of drug-likeness (QED) is 0.130. The standard InChI is InChI=1S/C28H31Cl2N5O3/c29-21-9-5-19(6-10-21)25(20-7-11-22(30)12-8-20)27(38)35(17-15-18-3-13-23(36)14-4-18)24(26(31)37)2-1-16-34-28(32)33/h3-14,24-25,36H,1-2,15-17H2,(H2,31,37)(H4,32,33,34)/t24-/m1/s1. The Morgan fingerprint density at radius 3 is 1.89 bits per heavy atom. The van der Waals surface area contributed by atoms with Crippen LogP contribution >= 0.6 is 23.2 Å². The van der Waals surface area contributed by atoms with E-state index in [-0.39, 0.29) is 30.6 Å². The SMILES string of the molecule is N=C(N)NCCC[C@H](C(N)=O)N(CCc1ccc(O)cc1)C(=O)C(c1ccc(Cl)cc1)c1ccc(Cl)cc1. The molecule has 0 aliphatic heterocycles. The van der Waals surface area contributed by atoms with Crippen LogP contribution in [-0.2, 0) is 16.0 Å². The predicted octanol–water partition coefficient (Wildman–Crippen LogP) is 4.02. The first-order valence-corrected chi connectivity index (χ1v) is 12.9. The van der Waals surface area contributed by atoms with E-state index in [1.807, 2.05) is 0 Å². The fourth-order valence-electron chi connectivity index (χ4n) is 4.26. The van der Waals surface area contributed by atoms with Gasteiger partial charge in [0.15, 0.2) is 5.96 Å². The van der Waals surface area contributed by atoms with Gasteiger partial charge in [-0.3, -0.25) is 15.0 Å². The number of aromatic hydroxyl groups is 1. The molecule has 10 heteroatoms. The number of primary amides is 1. The number of hydrogen-bond donors (Lipinski definition) is 5. The van der Waals surface area contributed by atoms with Crippen LogP contribution in [0.5, 0.6) is 5.75 Å². The first-order chi connectivity index (χ1) is 18.2. The Bertz CT molecular complexity index is 1190. The summed E-state index contributed by atoms with van der Waals surface area (Å²) in [6.07, 6.45) is 1.18. The Balaban J connectivity index is 1.99. The average Bonchev–Trinajstić information content (AvgIpc) is 2.88. The second-order valence-corrected chi connectivity index (χ2v) is 9.76. The molecular formula is C28H31Cl2N5O3. The van der Waals surface area contributed by atoms with Crippen LogP contribution in [0, 0.1) is 5.41 Å². The number of nitrogens with zero attached hydrogens (tertiary/aromatic N) is 1. The first-order valence-electron chi connectivity index (χ1n) is 12.1. The summed E-state index contributed by atoms with van der Waals surface area (Å²) in [4.78, 5) is 28.5. The summed E-state index contributed by atoms with van der Waals surface area (Å²) in [6, 6.07) is 19.8. The molecule has 0 aromatic heterocycles. The van der Waals surface area contributed by atoms with Crippen molar-refractivity contribution in [2.24, 2.45) is 11.5 Å². The number of carbonyl (C=O) groups excluding carboxylic acids is 2. The molecule has 2 amide bonds. The average molecular weight is 556 g/mol. The van der Waals surface area contributed by atoms with Crippen LogP contribution in [0.4, 0.5) is 0 Å². The number of nitrogens with one attached hydrogen (secondary N) is 2. The number of phenolic OH excluding ortho intramolecular Hbond substituents is 1. The van der Waals surface area contributed by atoms with Gasteiger partial charge in [0.2, 0.25) is 11.8 Å². The molecule has 0 radical (unpaired) electrons. The number of rotatable bonds is 12. The van der Waals surface area contributed by atoms with Crippen molar-refractivity contribution in [1.82, 2.24) is 10.2 Å². The smallest absolute Gasteiger partial charge is 0.240 e. The summed E-state index contributed by atoms with van der Waals surface area (Å²) < 4.78 is 0. The molecule has 3 rings (SSSR count). The lowest BCUT2D eigenvalue weighted by atomic mass is 9.89. The summed E-state index contributed by atoms with van der Waals surface area (Å²) in [7, 11) is 0. The maximum atomic E-state index is 14.3. The third-order valence-electron chi connectivity index (χ3n) is 6.19. The molecule has 0 bridgehead atoms. The van der Waals surface area contributed by atoms with E-state index >= 15 is 0 Å². The number of nitrogens with two attached hydrogens (primary N) is 2. The van der Waals surface area contributed by atoms with Gasteiger partial charge < -0.3 is 26.8 Å². The van der Waals surface area contributed by atoms with Crippen molar-refractivity contribution < 1.29 is 14.7 Å². The Hall–Kier alpha value is -3.75. The minimum Gasteiger partial charge on any atom is -0.508 e. The van der Waals surface area contributed by atoms with Crippen LogP contribution < -0.4 is 16.8 Å². The van der Waals surface area contributed by atoms with Crippen LogP contribution in [0.3, 0.4) is 0 Å². The summed E-state index contributed by atoms with van der Waals surface area (Å²) in [6.45, 7) is 0.575. The van der Waals surface area contributed by atoms with Crippen LogP contribution in [0.2, 0.25) is 10.0 Å². The van der Waals surface area contributed by atoms with E-state index in [1.165, 1.54) is 4.90 Å². The largest absolute Gasteiger partial charge is 0.508 e. The van der Waals surface area contributed by atoms with Gasteiger partial charge in [-0.25, -0.2) is 0 Å². The fourth-order valence-corrected chi connectivity index (χ4v) is 4.51. The van der Waals surface area contributed by atoms with Gasteiger partial charge in [0.25, 0.3) is 0 Å². The molecule has 7 N–H and O–H groups in total. The molecule has 0 spiro atoms. The van der Waals surface area contributed by atoms with Crippen molar-refractivity contribution in [3.63, 3.8) is 0 Å². The number of benzene rings is 3. The van der Waals surface area contributed by atoms with E-state index in [4.69, 9.17) is 40.1 Å². The maximum Gasteiger partial charge on any atom is 0.240 e. The normalized spacial score (nSPS) is 11.7. The topological polar surface area (TPSA) is 146 Å². The highest BCUT2D eigenvalue weighted by molar-refractivity contribution is 6.30. The Morgan fingerprint density at radius 1 is 0.895 bits per heavy atom. The first kappa shape index (κ1) is 28.8. The number of guanidine groups is 1. The highest BCUT2D eigenvalue weighted by atomic mass is 35.5. The summed E-state index contributed by atoms with van der Waals surface area (Å²) in [5.74, 6) is -1.69. The summed E-state index contributed by atoms with van der Waals surface area (Å²) >= 11 is 12.2. The third kappa shape index (κ3) is 8.13. The van der Waals surface area contributed by atoms with E-state index in [0.717, 1.165) is 5.56 Å². The number of halogens is 2. The van der Waals surface area contributed by atoms with Crippen molar-refractivity contribution in [3.05, 3.63) is 99.5 Å². The minimum atomic E-state index is -0.893. The lowest BCUT2D eigenvalue weighted by Gasteiger charge is -2.33. The van der Waals surface area contributed by atoms with E-state index in [0.29, 0.717) is 40.6 Å². The van der Waals surface area contributed by atoms with E-state index in [9.17, 15) is 14.7 Å². The van der Waals surface area contributed by atoms with Crippen molar-refractivity contribution in [1.29, 1.82) is 5.41 Å². The van der Waals surface area contributed by atoms with Crippen LogP contribution in [0.25, 0.3) is 0 Å². The van der Waals surface area contributed by atoms with Gasteiger partial charge in [-0.15, -0.1) is 0 Å². The van der Waals surface area contributed by atoms with Crippen LogP contribution in [0.1, 0.15) is 35.4 Å². The molecule has 200 valence electrons. The van der Waals surface area contributed by atoms with Crippen LogP contribution in [-0.4, -0.2) is 46.9 Å². The van der Waals surface area contributed by atoms with E-state index < -0.39 is 17.9 Å². The van der Waals surface area contributed by atoms with Crippen molar-refractivity contribution in [2.45, 2.75) is 31.2 Å².